The molecular formula is C17H23F2N3O3. The lowest BCUT2D eigenvalue weighted by Gasteiger charge is -2.26. The number of hydrogen-bond donors (Lipinski definition) is 3. The van der Waals surface area contributed by atoms with Crippen LogP contribution in [0.15, 0.2) is 24.4 Å². The molecule has 2 rings (SSSR count). The molecule has 0 saturated heterocycles. The van der Waals surface area contributed by atoms with Gasteiger partial charge in [0, 0.05) is 25.7 Å². The van der Waals surface area contributed by atoms with E-state index in [1.165, 1.54) is 29.3 Å². The molecular weight excluding hydrogens is 332 g/mol. The smallest absolute Gasteiger partial charge is 0.186 e. The number of aliphatic hydroxyl groups is 1. The molecule has 1 heterocycles. The molecule has 1 aliphatic heterocycles. The van der Waals surface area contributed by atoms with Gasteiger partial charge in [-0.05, 0) is 31.2 Å². The Morgan fingerprint density at radius 3 is 2.76 bits per heavy atom. The maximum absolute atomic E-state index is 14.3. The molecule has 1 atom stereocenters. The van der Waals surface area contributed by atoms with Crippen LogP contribution in [-0.4, -0.2) is 48.4 Å². The first-order valence-electron chi connectivity index (χ1n) is 8.25. The first kappa shape index (κ1) is 19.3. The summed E-state index contributed by atoms with van der Waals surface area (Å²) in [5, 5.41) is 23.2. The summed E-state index contributed by atoms with van der Waals surface area (Å²) in [5.41, 5.74) is -0.364. The van der Waals surface area contributed by atoms with Crippen LogP contribution >= 0.6 is 0 Å². The largest absolute Gasteiger partial charge is 0.390 e. The maximum Gasteiger partial charge on any atom is 0.186 e. The van der Waals surface area contributed by atoms with Crippen LogP contribution in [0.4, 0.5) is 20.2 Å². The van der Waals surface area contributed by atoms with Gasteiger partial charge in [-0.1, -0.05) is 6.92 Å². The topological polar surface area (TPSA) is 76.0 Å². The number of benzene rings is 1. The summed E-state index contributed by atoms with van der Waals surface area (Å²) in [6.07, 6.45) is 2.90. The lowest BCUT2D eigenvalue weighted by molar-refractivity contribution is -0.114. The van der Waals surface area contributed by atoms with Crippen molar-refractivity contribution in [3.8, 4) is 0 Å². The third kappa shape index (κ3) is 4.97. The molecule has 1 unspecified atom stereocenters. The van der Waals surface area contributed by atoms with Crippen molar-refractivity contribution < 1.29 is 23.9 Å². The van der Waals surface area contributed by atoms with Gasteiger partial charge in [-0.2, -0.15) is 0 Å². The van der Waals surface area contributed by atoms with Crippen LogP contribution in [0.1, 0.15) is 19.8 Å². The van der Waals surface area contributed by atoms with Gasteiger partial charge in [0.2, 0.25) is 0 Å². The molecule has 25 heavy (non-hydrogen) atoms. The molecule has 1 aromatic carbocycles. The van der Waals surface area contributed by atoms with Crippen LogP contribution in [0, 0.1) is 11.6 Å². The second kappa shape index (κ2) is 8.89. The number of halogens is 2. The monoisotopic (exact) mass is 355 g/mol. The Kier molecular flexibility index (Phi) is 6.86. The zero-order chi connectivity index (χ0) is 18.4. The van der Waals surface area contributed by atoms with Gasteiger partial charge in [-0.3, -0.25) is 15.1 Å². The third-order valence-electron chi connectivity index (χ3n) is 3.86. The summed E-state index contributed by atoms with van der Waals surface area (Å²) in [6.45, 7) is 2.93. The first-order valence-corrected chi connectivity index (χ1v) is 8.25. The van der Waals surface area contributed by atoms with Crippen LogP contribution in [0.3, 0.4) is 0 Å². The Labute approximate surface area is 145 Å². The van der Waals surface area contributed by atoms with E-state index in [0.29, 0.717) is 11.6 Å². The van der Waals surface area contributed by atoms with Crippen molar-refractivity contribution in [2.45, 2.75) is 25.9 Å². The normalized spacial score (nSPS) is 15.6. The number of ketones is 1. The molecule has 0 aliphatic carbocycles. The summed E-state index contributed by atoms with van der Waals surface area (Å²) in [7, 11) is 0. The molecule has 1 aromatic rings. The van der Waals surface area contributed by atoms with E-state index in [2.05, 4.69) is 5.32 Å². The molecule has 0 aromatic heterocycles. The van der Waals surface area contributed by atoms with Gasteiger partial charge < -0.3 is 15.3 Å². The Morgan fingerprint density at radius 2 is 2.12 bits per heavy atom. The minimum Gasteiger partial charge on any atom is -0.390 e. The molecule has 138 valence electrons. The van der Waals surface area contributed by atoms with Crippen molar-refractivity contribution in [2.24, 2.45) is 0 Å². The Balaban J connectivity index is 2.08. The zero-order valence-electron chi connectivity index (χ0n) is 14.1. The summed E-state index contributed by atoms with van der Waals surface area (Å²) in [4.78, 5) is 12.6. The summed E-state index contributed by atoms with van der Waals surface area (Å²) in [6, 6.07) is 2.57. The molecule has 3 N–H and O–H groups in total. The molecule has 0 fully saturated rings. The molecule has 8 heteroatoms. The van der Waals surface area contributed by atoms with Gasteiger partial charge in [0.1, 0.15) is 5.69 Å². The van der Waals surface area contributed by atoms with Crippen molar-refractivity contribution in [3.05, 3.63) is 36.0 Å². The van der Waals surface area contributed by atoms with Gasteiger partial charge in [0.25, 0.3) is 0 Å². The molecule has 0 radical (unpaired) electrons. The van der Waals surface area contributed by atoms with E-state index < -0.39 is 17.7 Å². The molecule has 0 amide bonds. The van der Waals surface area contributed by atoms with Gasteiger partial charge in [-0.25, -0.2) is 8.78 Å². The van der Waals surface area contributed by atoms with Crippen molar-refractivity contribution >= 4 is 17.2 Å². The van der Waals surface area contributed by atoms with Crippen molar-refractivity contribution in [2.75, 3.05) is 36.1 Å². The quantitative estimate of drug-likeness (QED) is 0.488. The maximum atomic E-state index is 14.3. The van der Waals surface area contributed by atoms with E-state index >= 15 is 0 Å². The standard InChI is InChI=1S/C17H23F2N3O3/c1-2-7-20-10-13(24)11-22(25)15-4-3-14(16(18)17(15)19)21-8-5-12(23)6-9-21/h3-5,8,13,20,24-25H,2,6-7,9-11H2,1H3. The van der Waals surface area contributed by atoms with Crippen molar-refractivity contribution in [3.63, 3.8) is 0 Å². The van der Waals surface area contributed by atoms with Gasteiger partial charge in [-0.15, -0.1) is 0 Å². The number of aliphatic hydroxyl groups excluding tert-OH is 1. The molecule has 0 spiro atoms. The van der Waals surface area contributed by atoms with E-state index in [0.717, 1.165) is 6.42 Å². The number of allylic oxidation sites excluding steroid dienone is 1. The number of hydrogen-bond acceptors (Lipinski definition) is 6. The van der Waals surface area contributed by atoms with Crippen LogP contribution in [0.5, 0.6) is 0 Å². The van der Waals surface area contributed by atoms with Crippen LogP contribution in [0.2, 0.25) is 0 Å². The summed E-state index contributed by atoms with van der Waals surface area (Å²) < 4.78 is 28.7. The van der Waals surface area contributed by atoms with E-state index in [-0.39, 0.29) is 43.2 Å². The highest BCUT2D eigenvalue weighted by molar-refractivity contribution is 5.91. The molecule has 6 nitrogen and oxygen atoms in total. The zero-order valence-corrected chi connectivity index (χ0v) is 14.1. The van der Waals surface area contributed by atoms with Gasteiger partial charge in [0.05, 0.1) is 18.3 Å². The average Bonchev–Trinajstić information content (AvgIpc) is 2.58. The molecule has 0 saturated carbocycles. The second-order valence-electron chi connectivity index (χ2n) is 5.90. The van der Waals surface area contributed by atoms with Crippen molar-refractivity contribution in [1.82, 2.24) is 5.32 Å². The number of rotatable bonds is 8. The fraction of sp³-hybridized carbons (Fsp3) is 0.471. The summed E-state index contributed by atoms with van der Waals surface area (Å²) in [5.74, 6) is -2.39. The SMILES string of the molecule is CCCNCC(O)CN(O)c1ccc(N2C=CC(=O)CC2)c(F)c1F. The predicted molar refractivity (Wildman–Crippen MR) is 90.8 cm³/mol. The Morgan fingerprint density at radius 1 is 1.36 bits per heavy atom. The number of carbonyl (C=O) groups is 1. The number of anilines is 2. The van der Waals surface area contributed by atoms with E-state index in [9.17, 15) is 23.9 Å². The van der Waals surface area contributed by atoms with Crippen molar-refractivity contribution in [1.29, 1.82) is 0 Å². The fourth-order valence-electron chi connectivity index (χ4n) is 2.52. The van der Waals surface area contributed by atoms with Crippen LogP contribution < -0.4 is 15.3 Å². The second-order valence-corrected chi connectivity index (χ2v) is 5.90. The third-order valence-corrected chi connectivity index (χ3v) is 3.86. The number of carbonyl (C=O) groups excluding carboxylic acids is 1. The number of nitrogens with zero attached hydrogens (tertiary/aromatic N) is 2. The Bertz CT molecular complexity index is 640. The molecule has 0 bridgehead atoms. The highest BCUT2D eigenvalue weighted by Gasteiger charge is 2.22. The van der Waals surface area contributed by atoms with Crippen LogP contribution in [-0.2, 0) is 4.79 Å². The minimum atomic E-state index is -1.21. The molecule has 1 aliphatic rings. The number of nitrogens with one attached hydrogen (secondary N) is 1. The minimum absolute atomic E-state index is 0.0106. The van der Waals surface area contributed by atoms with E-state index in [4.69, 9.17) is 0 Å². The van der Waals surface area contributed by atoms with Crippen LogP contribution in [0.25, 0.3) is 0 Å². The number of hydroxylamine groups is 1. The fourth-order valence-corrected chi connectivity index (χ4v) is 2.52. The summed E-state index contributed by atoms with van der Waals surface area (Å²) >= 11 is 0. The lowest BCUT2D eigenvalue weighted by atomic mass is 10.1. The van der Waals surface area contributed by atoms with Gasteiger partial charge in [0.15, 0.2) is 17.4 Å². The van der Waals surface area contributed by atoms with E-state index in [1.54, 1.807) is 0 Å². The van der Waals surface area contributed by atoms with E-state index in [1.807, 2.05) is 6.92 Å². The average molecular weight is 355 g/mol. The highest BCUT2D eigenvalue weighted by atomic mass is 19.2. The first-order chi connectivity index (χ1) is 11.9. The highest BCUT2D eigenvalue weighted by Crippen LogP contribution is 2.30. The Hall–Kier alpha value is -2.03. The van der Waals surface area contributed by atoms with Gasteiger partial charge >= 0.3 is 0 Å². The lowest BCUT2D eigenvalue weighted by Crippen LogP contribution is -2.37. The predicted octanol–water partition coefficient (Wildman–Crippen LogP) is 1.81.